The second-order valence-electron chi connectivity index (χ2n) is 4.17. The topological polar surface area (TPSA) is 136 Å². The van der Waals surface area contributed by atoms with Crippen molar-refractivity contribution in [2.45, 2.75) is 38.8 Å². The van der Waals surface area contributed by atoms with Crippen molar-refractivity contribution in [2.75, 3.05) is 0 Å². The normalized spacial score (nSPS) is 21.4. The van der Waals surface area contributed by atoms with Crippen molar-refractivity contribution < 1.29 is 19.5 Å². The molecule has 1 rings (SSSR count). The van der Waals surface area contributed by atoms with Gasteiger partial charge in [-0.05, 0) is 12.3 Å². The first-order valence-corrected chi connectivity index (χ1v) is 5.33. The fraction of sp³-hybridized carbons (Fsp3) is 0.700. The molecular formula is C10H19N3O4. The number of nitrogens with one attached hydrogen (secondary N) is 1. The molecule has 0 aromatic carbocycles. The van der Waals surface area contributed by atoms with Crippen LogP contribution in [0.4, 0.5) is 0 Å². The van der Waals surface area contributed by atoms with Crippen LogP contribution in [-0.4, -0.2) is 35.0 Å². The average Bonchev–Trinajstić information content (AvgIpc) is 2.23. The molecule has 0 bridgehead atoms. The Morgan fingerprint density at radius 1 is 1.47 bits per heavy atom. The predicted molar refractivity (Wildman–Crippen MR) is 60.8 cm³/mol. The number of aliphatic carboxylic acids is 1. The number of amides is 2. The van der Waals surface area contributed by atoms with Gasteiger partial charge in [-0.15, -0.1) is 0 Å². The highest BCUT2D eigenvalue weighted by Gasteiger charge is 2.22. The van der Waals surface area contributed by atoms with E-state index in [4.69, 9.17) is 16.6 Å². The highest BCUT2D eigenvalue weighted by Crippen LogP contribution is 2.00. The molecule has 1 saturated heterocycles. The van der Waals surface area contributed by atoms with E-state index < -0.39 is 18.1 Å². The Labute approximate surface area is 99.5 Å². The molecule has 1 aliphatic heterocycles. The van der Waals surface area contributed by atoms with Crippen LogP contribution in [0.1, 0.15) is 26.7 Å². The molecule has 0 aliphatic carbocycles. The van der Waals surface area contributed by atoms with Gasteiger partial charge in [-0.25, -0.2) is 0 Å². The molecule has 7 heteroatoms. The highest BCUT2D eigenvalue weighted by molar-refractivity contribution is 6.00. The van der Waals surface area contributed by atoms with Crippen molar-refractivity contribution in [3.8, 4) is 0 Å². The summed E-state index contributed by atoms with van der Waals surface area (Å²) in [5.74, 6) is -1.49. The van der Waals surface area contributed by atoms with Crippen LogP contribution >= 0.6 is 0 Å². The van der Waals surface area contributed by atoms with Crippen LogP contribution in [-0.2, 0) is 14.4 Å². The van der Waals surface area contributed by atoms with Gasteiger partial charge < -0.3 is 16.6 Å². The molecule has 2 amide bonds. The van der Waals surface area contributed by atoms with E-state index in [1.807, 2.05) is 0 Å². The van der Waals surface area contributed by atoms with E-state index in [9.17, 15) is 14.4 Å². The molecule has 0 radical (unpaired) electrons. The first-order chi connectivity index (χ1) is 7.75. The zero-order chi connectivity index (χ0) is 13.6. The van der Waals surface area contributed by atoms with Crippen LogP contribution in [0, 0.1) is 5.92 Å². The quantitative estimate of drug-likeness (QED) is 0.451. The molecule has 1 unspecified atom stereocenters. The molecule has 2 atom stereocenters. The summed E-state index contributed by atoms with van der Waals surface area (Å²) >= 11 is 0. The second kappa shape index (κ2) is 6.97. The number of carbonyl (C=O) groups excluding carboxylic acids is 2. The summed E-state index contributed by atoms with van der Waals surface area (Å²) in [5.41, 5.74) is 10.4. The maximum Gasteiger partial charge on any atom is 0.320 e. The lowest BCUT2D eigenvalue weighted by atomic mass is 10.1. The zero-order valence-electron chi connectivity index (χ0n) is 9.97. The SMILES string of the molecule is CC(C)[C@H](N)C(=O)O.NC1CCC(=O)NC1=O. The first kappa shape index (κ1) is 15.5. The van der Waals surface area contributed by atoms with E-state index in [0.29, 0.717) is 12.8 Å². The highest BCUT2D eigenvalue weighted by atomic mass is 16.4. The van der Waals surface area contributed by atoms with Crippen LogP contribution in [0.3, 0.4) is 0 Å². The summed E-state index contributed by atoms with van der Waals surface area (Å²) in [5, 5.41) is 10.4. The number of hydrogen-bond acceptors (Lipinski definition) is 5. The maximum atomic E-state index is 10.5. The van der Waals surface area contributed by atoms with Gasteiger partial charge in [0.15, 0.2) is 0 Å². The third-order valence-corrected chi connectivity index (χ3v) is 2.29. The van der Waals surface area contributed by atoms with Crippen molar-refractivity contribution in [2.24, 2.45) is 17.4 Å². The Hall–Kier alpha value is -1.47. The van der Waals surface area contributed by atoms with E-state index in [0.717, 1.165) is 0 Å². The lowest BCUT2D eigenvalue weighted by Gasteiger charge is -2.15. The number of imide groups is 1. The van der Waals surface area contributed by atoms with Crippen molar-refractivity contribution >= 4 is 17.8 Å². The summed E-state index contributed by atoms with van der Waals surface area (Å²) in [4.78, 5) is 31.0. The zero-order valence-corrected chi connectivity index (χ0v) is 9.97. The molecule has 7 nitrogen and oxygen atoms in total. The molecule has 1 heterocycles. The van der Waals surface area contributed by atoms with Gasteiger partial charge in [-0.2, -0.15) is 0 Å². The van der Waals surface area contributed by atoms with E-state index in [-0.39, 0.29) is 17.7 Å². The van der Waals surface area contributed by atoms with E-state index in [1.165, 1.54) is 0 Å². The number of carboxylic acid groups (broad SMARTS) is 1. The number of rotatable bonds is 2. The summed E-state index contributed by atoms with van der Waals surface area (Å²) in [6, 6.07) is -1.20. The monoisotopic (exact) mass is 245 g/mol. The van der Waals surface area contributed by atoms with E-state index in [2.05, 4.69) is 5.32 Å². The van der Waals surface area contributed by atoms with Crippen LogP contribution in [0.5, 0.6) is 0 Å². The van der Waals surface area contributed by atoms with Gasteiger partial charge in [-0.1, -0.05) is 13.8 Å². The number of piperidine rings is 1. The molecule has 0 spiro atoms. The minimum absolute atomic E-state index is 0.0208. The minimum atomic E-state index is -0.931. The average molecular weight is 245 g/mol. The molecule has 1 aliphatic rings. The van der Waals surface area contributed by atoms with Gasteiger partial charge >= 0.3 is 5.97 Å². The predicted octanol–water partition coefficient (Wildman–Crippen LogP) is -1.20. The van der Waals surface area contributed by atoms with Gasteiger partial charge in [0.2, 0.25) is 11.8 Å². The van der Waals surface area contributed by atoms with Crippen molar-refractivity contribution in [1.82, 2.24) is 5.32 Å². The molecule has 1 fully saturated rings. The smallest absolute Gasteiger partial charge is 0.320 e. The van der Waals surface area contributed by atoms with Gasteiger partial charge in [0.25, 0.3) is 0 Å². The van der Waals surface area contributed by atoms with Gasteiger partial charge in [0.05, 0.1) is 6.04 Å². The Bertz CT molecular complexity index is 304. The molecule has 0 aromatic heterocycles. The van der Waals surface area contributed by atoms with Crippen LogP contribution in [0.2, 0.25) is 0 Å². The number of carboxylic acids is 1. The largest absolute Gasteiger partial charge is 0.480 e. The number of hydrogen-bond donors (Lipinski definition) is 4. The summed E-state index contributed by atoms with van der Waals surface area (Å²) in [6.45, 7) is 3.55. The molecule has 98 valence electrons. The second-order valence-corrected chi connectivity index (χ2v) is 4.17. The molecular weight excluding hydrogens is 226 g/mol. The van der Waals surface area contributed by atoms with Crippen molar-refractivity contribution in [1.29, 1.82) is 0 Å². The summed E-state index contributed by atoms with van der Waals surface area (Å²) in [6.07, 6.45) is 0.845. The Balaban J connectivity index is 0.000000304. The van der Waals surface area contributed by atoms with Crippen LogP contribution in [0.25, 0.3) is 0 Å². The lowest BCUT2D eigenvalue weighted by molar-refractivity contribution is -0.139. The number of carbonyl (C=O) groups is 3. The van der Waals surface area contributed by atoms with E-state index >= 15 is 0 Å². The third kappa shape index (κ3) is 5.98. The number of nitrogens with two attached hydrogens (primary N) is 2. The lowest BCUT2D eigenvalue weighted by Crippen LogP contribution is -2.48. The van der Waals surface area contributed by atoms with Crippen molar-refractivity contribution in [3.63, 3.8) is 0 Å². The Morgan fingerprint density at radius 2 is 2.00 bits per heavy atom. The fourth-order valence-electron chi connectivity index (χ4n) is 0.995. The molecule has 6 N–H and O–H groups in total. The van der Waals surface area contributed by atoms with Crippen LogP contribution < -0.4 is 16.8 Å². The third-order valence-electron chi connectivity index (χ3n) is 2.29. The molecule has 0 aromatic rings. The van der Waals surface area contributed by atoms with Crippen LogP contribution in [0.15, 0.2) is 0 Å². The standard InChI is InChI=1S/C5H8N2O2.C5H11NO2/c6-3-1-2-4(8)7-5(3)9;1-3(2)4(6)5(7)8/h3H,1-2,6H2,(H,7,8,9);3-4H,6H2,1-2H3,(H,7,8)/t;4-/m.0/s1. The minimum Gasteiger partial charge on any atom is -0.480 e. The van der Waals surface area contributed by atoms with E-state index in [1.54, 1.807) is 13.8 Å². The molecule has 0 saturated carbocycles. The Morgan fingerprint density at radius 3 is 2.24 bits per heavy atom. The van der Waals surface area contributed by atoms with Gasteiger partial charge in [-0.3, -0.25) is 19.7 Å². The summed E-state index contributed by atoms with van der Waals surface area (Å²) < 4.78 is 0. The summed E-state index contributed by atoms with van der Waals surface area (Å²) in [7, 11) is 0. The first-order valence-electron chi connectivity index (χ1n) is 5.33. The van der Waals surface area contributed by atoms with Crippen molar-refractivity contribution in [3.05, 3.63) is 0 Å². The van der Waals surface area contributed by atoms with Gasteiger partial charge in [0, 0.05) is 6.42 Å². The maximum absolute atomic E-state index is 10.5. The molecule has 17 heavy (non-hydrogen) atoms. The Kier molecular flexibility index (Phi) is 6.37. The van der Waals surface area contributed by atoms with Gasteiger partial charge in [0.1, 0.15) is 6.04 Å². The fourth-order valence-corrected chi connectivity index (χ4v) is 0.995.